The Morgan fingerprint density at radius 2 is 2.04 bits per heavy atom. The number of halogens is 1. The number of rotatable bonds is 3. The van der Waals surface area contributed by atoms with Crippen LogP contribution < -0.4 is 5.32 Å². The van der Waals surface area contributed by atoms with Crippen molar-refractivity contribution in [2.75, 3.05) is 13.1 Å². The number of hydrogen-bond donors (Lipinski definition) is 1. The normalized spacial score (nSPS) is 17.9. The van der Waals surface area contributed by atoms with E-state index in [0.717, 1.165) is 29.6 Å². The molecule has 2 rings (SSSR count). The summed E-state index contributed by atoms with van der Waals surface area (Å²) >= 11 is 3.39. The molecule has 0 aliphatic carbocycles. The molecule has 1 aliphatic rings. The van der Waals surface area contributed by atoms with Gasteiger partial charge < -0.3 is 15.0 Å². The molecule has 23 heavy (non-hydrogen) atoms. The van der Waals surface area contributed by atoms with E-state index in [2.05, 4.69) is 33.2 Å². The number of piperidine rings is 1. The Balaban J connectivity index is 1.82. The van der Waals surface area contributed by atoms with Gasteiger partial charge in [0, 0.05) is 35.8 Å². The Bertz CT molecular complexity index is 532. The molecule has 1 saturated heterocycles. The van der Waals surface area contributed by atoms with Crippen LogP contribution in [0.1, 0.15) is 46.2 Å². The molecule has 1 fully saturated rings. The Morgan fingerprint density at radius 1 is 1.39 bits per heavy atom. The van der Waals surface area contributed by atoms with Crippen molar-refractivity contribution in [1.82, 2.24) is 15.2 Å². The summed E-state index contributed by atoms with van der Waals surface area (Å²) in [6.45, 7) is 10.1. The molecule has 6 heteroatoms. The minimum absolute atomic E-state index is 0.0211. The zero-order valence-electron chi connectivity index (χ0n) is 14.4. The third kappa shape index (κ3) is 5.77. The quantitative estimate of drug-likeness (QED) is 0.863. The molecule has 0 saturated carbocycles. The number of amides is 1. The smallest absolute Gasteiger partial charge is 0.410 e. The van der Waals surface area contributed by atoms with Gasteiger partial charge in [0.25, 0.3) is 0 Å². The lowest BCUT2D eigenvalue weighted by Crippen LogP contribution is -2.53. The van der Waals surface area contributed by atoms with Crippen LogP contribution in [0.15, 0.2) is 22.8 Å². The Morgan fingerprint density at radius 3 is 2.57 bits per heavy atom. The minimum atomic E-state index is -0.441. The number of hydrogen-bond acceptors (Lipinski definition) is 4. The van der Waals surface area contributed by atoms with E-state index in [1.54, 1.807) is 4.90 Å². The van der Waals surface area contributed by atoms with Crippen molar-refractivity contribution >= 4 is 22.0 Å². The van der Waals surface area contributed by atoms with E-state index in [-0.39, 0.29) is 11.6 Å². The van der Waals surface area contributed by atoms with Crippen LogP contribution in [0.5, 0.6) is 0 Å². The first-order chi connectivity index (χ1) is 10.7. The van der Waals surface area contributed by atoms with Gasteiger partial charge in [0.2, 0.25) is 0 Å². The van der Waals surface area contributed by atoms with Gasteiger partial charge in [-0.2, -0.15) is 0 Å². The first kappa shape index (κ1) is 18.2. The lowest BCUT2D eigenvalue weighted by Gasteiger charge is -2.40. The summed E-state index contributed by atoms with van der Waals surface area (Å²) in [6.07, 6.45) is 3.41. The Hall–Kier alpha value is -1.14. The van der Waals surface area contributed by atoms with Crippen molar-refractivity contribution in [3.05, 3.63) is 28.5 Å². The van der Waals surface area contributed by atoms with E-state index in [1.807, 2.05) is 39.1 Å². The van der Waals surface area contributed by atoms with Gasteiger partial charge in [0.05, 0.1) is 5.69 Å². The van der Waals surface area contributed by atoms with E-state index < -0.39 is 5.60 Å². The second-order valence-corrected chi connectivity index (χ2v) is 8.27. The number of carbonyl (C=O) groups is 1. The molecular formula is C17H26BrN3O2. The highest BCUT2D eigenvalue weighted by Gasteiger charge is 2.33. The van der Waals surface area contributed by atoms with Crippen LogP contribution in [-0.4, -0.2) is 40.2 Å². The molecule has 0 spiro atoms. The van der Waals surface area contributed by atoms with Crippen LogP contribution >= 0.6 is 15.9 Å². The average molecular weight is 384 g/mol. The number of nitrogens with one attached hydrogen (secondary N) is 1. The van der Waals surface area contributed by atoms with Gasteiger partial charge in [0.1, 0.15) is 5.60 Å². The highest BCUT2D eigenvalue weighted by atomic mass is 79.9. The SMILES string of the molecule is CC1(NCc2ccc(Br)cn2)CCN(C(=O)OC(C)(C)C)CC1. The predicted octanol–water partition coefficient (Wildman–Crippen LogP) is 3.72. The molecule has 0 atom stereocenters. The van der Waals surface area contributed by atoms with Crippen LogP contribution in [0, 0.1) is 0 Å². The van der Waals surface area contributed by atoms with E-state index in [9.17, 15) is 4.79 Å². The molecule has 1 aromatic heterocycles. The molecule has 0 bridgehead atoms. The van der Waals surface area contributed by atoms with Crippen LogP contribution in [0.3, 0.4) is 0 Å². The van der Waals surface area contributed by atoms with Gasteiger partial charge in [-0.15, -0.1) is 0 Å². The summed E-state index contributed by atoms with van der Waals surface area (Å²) in [5.74, 6) is 0. The summed E-state index contributed by atoms with van der Waals surface area (Å²) in [7, 11) is 0. The van der Waals surface area contributed by atoms with Crippen LogP contribution in [0.4, 0.5) is 4.79 Å². The fourth-order valence-electron chi connectivity index (χ4n) is 2.50. The Labute approximate surface area is 146 Å². The summed E-state index contributed by atoms with van der Waals surface area (Å²) in [4.78, 5) is 18.3. The van der Waals surface area contributed by atoms with E-state index in [4.69, 9.17) is 4.74 Å². The van der Waals surface area contributed by atoms with Gasteiger partial charge in [-0.1, -0.05) is 0 Å². The number of aromatic nitrogens is 1. The average Bonchev–Trinajstić information content (AvgIpc) is 2.46. The third-order valence-corrected chi connectivity index (χ3v) is 4.47. The fraction of sp³-hybridized carbons (Fsp3) is 0.647. The predicted molar refractivity (Wildman–Crippen MR) is 94.2 cm³/mol. The van der Waals surface area contributed by atoms with Crippen molar-refractivity contribution < 1.29 is 9.53 Å². The standard InChI is InChI=1S/C17H26BrN3O2/c1-16(2,3)23-15(22)21-9-7-17(4,8-10-21)20-12-14-6-5-13(18)11-19-14/h5-6,11,20H,7-10,12H2,1-4H3. The van der Waals surface area contributed by atoms with Crippen molar-refractivity contribution in [3.8, 4) is 0 Å². The van der Waals surface area contributed by atoms with Crippen LogP contribution in [0.2, 0.25) is 0 Å². The molecule has 1 amide bonds. The molecule has 1 aliphatic heterocycles. The number of likely N-dealkylation sites (tertiary alicyclic amines) is 1. The van der Waals surface area contributed by atoms with Crippen molar-refractivity contribution in [2.45, 2.75) is 58.2 Å². The highest BCUT2D eigenvalue weighted by molar-refractivity contribution is 9.10. The number of ether oxygens (including phenoxy) is 1. The van der Waals surface area contributed by atoms with E-state index in [0.29, 0.717) is 13.1 Å². The summed E-state index contributed by atoms with van der Waals surface area (Å²) < 4.78 is 6.42. The third-order valence-electron chi connectivity index (χ3n) is 4.00. The maximum atomic E-state index is 12.1. The molecule has 2 heterocycles. The molecule has 0 aromatic carbocycles. The van der Waals surface area contributed by atoms with Crippen molar-refractivity contribution in [1.29, 1.82) is 0 Å². The summed E-state index contributed by atoms with van der Waals surface area (Å²) in [6, 6.07) is 4.01. The molecule has 1 aromatic rings. The van der Waals surface area contributed by atoms with E-state index >= 15 is 0 Å². The zero-order valence-corrected chi connectivity index (χ0v) is 15.9. The number of nitrogens with zero attached hydrogens (tertiary/aromatic N) is 2. The maximum absolute atomic E-state index is 12.1. The van der Waals surface area contributed by atoms with Crippen molar-refractivity contribution in [2.24, 2.45) is 0 Å². The minimum Gasteiger partial charge on any atom is -0.444 e. The fourth-order valence-corrected chi connectivity index (χ4v) is 2.74. The van der Waals surface area contributed by atoms with Gasteiger partial charge in [-0.05, 0) is 68.6 Å². The lowest BCUT2D eigenvalue weighted by molar-refractivity contribution is 0.0156. The van der Waals surface area contributed by atoms with E-state index in [1.165, 1.54) is 0 Å². The number of carbonyl (C=O) groups excluding carboxylic acids is 1. The first-order valence-corrected chi connectivity index (χ1v) is 8.80. The first-order valence-electron chi connectivity index (χ1n) is 8.00. The zero-order chi connectivity index (χ0) is 17.1. The maximum Gasteiger partial charge on any atom is 0.410 e. The highest BCUT2D eigenvalue weighted by Crippen LogP contribution is 2.23. The van der Waals surface area contributed by atoms with Crippen LogP contribution in [-0.2, 0) is 11.3 Å². The number of pyridine rings is 1. The van der Waals surface area contributed by atoms with Crippen molar-refractivity contribution in [3.63, 3.8) is 0 Å². The molecule has 1 N–H and O–H groups in total. The van der Waals surface area contributed by atoms with Gasteiger partial charge >= 0.3 is 6.09 Å². The van der Waals surface area contributed by atoms with Crippen LogP contribution in [0.25, 0.3) is 0 Å². The van der Waals surface area contributed by atoms with Gasteiger partial charge in [-0.25, -0.2) is 4.79 Å². The molecule has 5 nitrogen and oxygen atoms in total. The lowest BCUT2D eigenvalue weighted by atomic mass is 9.89. The summed E-state index contributed by atoms with van der Waals surface area (Å²) in [5.41, 5.74) is 0.598. The Kier molecular flexibility index (Phi) is 5.68. The molecule has 0 unspecified atom stereocenters. The molecule has 0 radical (unpaired) electrons. The monoisotopic (exact) mass is 383 g/mol. The summed E-state index contributed by atoms with van der Waals surface area (Å²) in [5, 5.41) is 3.58. The second-order valence-electron chi connectivity index (χ2n) is 7.35. The second kappa shape index (κ2) is 7.18. The van der Waals surface area contributed by atoms with Gasteiger partial charge in [-0.3, -0.25) is 4.98 Å². The molecule has 128 valence electrons. The largest absolute Gasteiger partial charge is 0.444 e. The molecular weight excluding hydrogens is 358 g/mol. The van der Waals surface area contributed by atoms with Gasteiger partial charge in [0.15, 0.2) is 0 Å². The topological polar surface area (TPSA) is 54.5 Å².